The van der Waals surface area contributed by atoms with Crippen molar-refractivity contribution in [2.24, 2.45) is 5.92 Å². The van der Waals surface area contributed by atoms with Gasteiger partial charge in [-0.05, 0) is 48.4 Å². The fourth-order valence-electron chi connectivity index (χ4n) is 4.24. The molecule has 2 aromatic rings. The molecule has 0 radical (unpaired) electrons. The third kappa shape index (κ3) is 3.11. The molecule has 2 aliphatic rings. The maximum atomic E-state index is 13.2. The van der Waals surface area contributed by atoms with Crippen LogP contribution in [0.4, 0.5) is 0 Å². The number of hydrogen-bond donors (Lipinski definition) is 1. The smallest absolute Gasteiger partial charge is 0.262 e. The van der Waals surface area contributed by atoms with Crippen LogP contribution < -0.4 is 5.32 Å². The van der Waals surface area contributed by atoms with E-state index in [9.17, 15) is 14.4 Å². The number of nitrogens with zero attached hydrogens (tertiary/aromatic N) is 1. The molecule has 0 aromatic heterocycles. The minimum Gasteiger partial charge on any atom is -0.347 e. The molecule has 2 atom stereocenters. The Labute approximate surface area is 164 Å². The molecule has 1 aliphatic carbocycles. The second-order valence-electron chi connectivity index (χ2n) is 7.97. The highest BCUT2D eigenvalue weighted by molar-refractivity contribution is 6.22. The highest BCUT2D eigenvalue weighted by atomic mass is 16.2. The van der Waals surface area contributed by atoms with Crippen LogP contribution in [0.15, 0.2) is 48.5 Å². The van der Waals surface area contributed by atoms with Gasteiger partial charge in [-0.2, -0.15) is 0 Å². The number of aryl methyl sites for hydroxylation is 1. The van der Waals surface area contributed by atoms with Crippen LogP contribution in [0.1, 0.15) is 64.6 Å². The van der Waals surface area contributed by atoms with Gasteiger partial charge in [-0.1, -0.05) is 50.2 Å². The Morgan fingerprint density at radius 2 is 1.64 bits per heavy atom. The van der Waals surface area contributed by atoms with Gasteiger partial charge in [-0.15, -0.1) is 0 Å². The van der Waals surface area contributed by atoms with Gasteiger partial charge in [-0.25, -0.2) is 0 Å². The lowest BCUT2D eigenvalue weighted by Crippen LogP contribution is -2.50. The summed E-state index contributed by atoms with van der Waals surface area (Å²) >= 11 is 0. The molecule has 1 aliphatic heterocycles. The lowest BCUT2D eigenvalue weighted by atomic mass is 10.0. The van der Waals surface area contributed by atoms with Gasteiger partial charge >= 0.3 is 0 Å². The Morgan fingerprint density at radius 3 is 2.29 bits per heavy atom. The van der Waals surface area contributed by atoms with Crippen LogP contribution >= 0.6 is 0 Å². The Hall–Kier alpha value is -2.95. The second kappa shape index (κ2) is 7.23. The van der Waals surface area contributed by atoms with Crippen molar-refractivity contribution in [3.63, 3.8) is 0 Å². The molecule has 0 saturated heterocycles. The molecule has 3 amide bonds. The minimum atomic E-state index is -0.805. The number of amides is 3. The fraction of sp³-hybridized carbons (Fsp3) is 0.348. The first-order valence-electron chi connectivity index (χ1n) is 9.82. The van der Waals surface area contributed by atoms with E-state index in [0.29, 0.717) is 17.5 Å². The van der Waals surface area contributed by atoms with Crippen molar-refractivity contribution >= 4 is 17.7 Å². The van der Waals surface area contributed by atoms with Crippen molar-refractivity contribution in [1.82, 2.24) is 10.2 Å². The minimum absolute atomic E-state index is 0.0754. The van der Waals surface area contributed by atoms with E-state index in [1.807, 2.05) is 32.0 Å². The first-order valence-corrected chi connectivity index (χ1v) is 9.82. The first-order chi connectivity index (χ1) is 13.5. The molecule has 0 bridgehead atoms. The topological polar surface area (TPSA) is 66.5 Å². The zero-order valence-electron chi connectivity index (χ0n) is 16.1. The molecule has 2 unspecified atom stereocenters. The molecule has 1 heterocycles. The molecule has 0 saturated carbocycles. The summed E-state index contributed by atoms with van der Waals surface area (Å²) in [7, 11) is 0. The Balaban J connectivity index is 1.60. The first kappa shape index (κ1) is 18.4. The van der Waals surface area contributed by atoms with Gasteiger partial charge in [0.1, 0.15) is 6.04 Å². The standard InChI is InChI=1S/C23H24N2O3/c1-14(2)13-20(25-22(27)17-9-5-6-10-18(17)23(25)28)21(26)24-19-12-11-15-7-3-4-8-16(15)19/h3-10,14,19-20H,11-13H2,1-2H3,(H,24,26). The highest BCUT2D eigenvalue weighted by Crippen LogP contribution is 2.32. The normalized spacial score (nSPS) is 19.0. The zero-order chi connectivity index (χ0) is 19.8. The summed E-state index contributed by atoms with van der Waals surface area (Å²) in [6.45, 7) is 3.98. The Bertz CT molecular complexity index is 915. The van der Waals surface area contributed by atoms with Crippen molar-refractivity contribution in [1.29, 1.82) is 0 Å². The third-order valence-corrected chi connectivity index (χ3v) is 5.58. The van der Waals surface area contributed by atoms with E-state index in [1.165, 1.54) is 5.56 Å². The van der Waals surface area contributed by atoms with Gasteiger partial charge in [-0.3, -0.25) is 19.3 Å². The molecule has 0 fully saturated rings. The molecule has 5 nitrogen and oxygen atoms in total. The van der Waals surface area contributed by atoms with Crippen LogP contribution in [0.5, 0.6) is 0 Å². The molecule has 144 valence electrons. The van der Waals surface area contributed by atoms with Crippen LogP contribution in [0.25, 0.3) is 0 Å². The largest absolute Gasteiger partial charge is 0.347 e. The van der Waals surface area contributed by atoms with E-state index in [0.717, 1.165) is 23.3 Å². The van der Waals surface area contributed by atoms with Gasteiger partial charge < -0.3 is 5.32 Å². The van der Waals surface area contributed by atoms with Crippen molar-refractivity contribution in [3.8, 4) is 0 Å². The van der Waals surface area contributed by atoms with Crippen molar-refractivity contribution in [3.05, 3.63) is 70.8 Å². The molecule has 0 spiro atoms. The maximum absolute atomic E-state index is 13.2. The number of rotatable bonds is 5. The van der Waals surface area contributed by atoms with E-state index in [-0.39, 0.29) is 29.7 Å². The summed E-state index contributed by atoms with van der Waals surface area (Å²) in [6, 6.07) is 14.0. The quantitative estimate of drug-likeness (QED) is 0.812. The third-order valence-electron chi connectivity index (χ3n) is 5.58. The van der Waals surface area contributed by atoms with Crippen LogP contribution in [0.3, 0.4) is 0 Å². The summed E-state index contributed by atoms with van der Waals surface area (Å²) in [5, 5.41) is 3.10. The van der Waals surface area contributed by atoms with Gasteiger partial charge in [0.05, 0.1) is 17.2 Å². The monoisotopic (exact) mass is 376 g/mol. The van der Waals surface area contributed by atoms with E-state index in [2.05, 4.69) is 11.4 Å². The predicted molar refractivity (Wildman–Crippen MR) is 106 cm³/mol. The number of imide groups is 1. The van der Waals surface area contributed by atoms with Crippen LogP contribution in [0, 0.1) is 5.92 Å². The molecule has 2 aromatic carbocycles. The molecule has 4 rings (SSSR count). The SMILES string of the molecule is CC(C)CC(C(=O)NC1CCc2ccccc21)N1C(=O)c2ccccc2C1=O. The van der Waals surface area contributed by atoms with Gasteiger partial charge in [0.2, 0.25) is 5.91 Å². The number of hydrogen-bond acceptors (Lipinski definition) is 3. The molecule has 1 N–H and O–H groups in total. The number of fused-ring (bicyclic) bond motifs is 2. The van der Waals surface area contributed by atoms with Crippen molar-refractivity contribution < 1.29 is 14.4 Å². The highest BCUT2D eigenvalue weighted by Gasteiger charge is 2.43. The van der Waals surface area contributed by atoms with Gasteiger partial charge in [0.15, 0.2) is 0 Å². The maximum Gasteiger partial charge on any atom is 0.262 e. The Morgan fingerprint density at radius 1 is 1.04 bits per heavy atom. The molecular formula is C23H24N2O3. The van der Waals surface area contributed by atoms with Crippen molar-refractivity contribution in [2.75, 3.05) is 0 Å². The predicted octanol–water partition coefficient (Wildman–Crippen LogP) is 3.50. The summed E-state index contributed by atoms with van der Waals surface area (Å²) in [5.41, 5.74) is 3.12. The fourth-order valence-corrected chi connectivity index (χ4v) is 4.24. The van der Waals surface area contributed by atoms with E-state index < -0.39 is 6.04 Å². The molecular weight excluding hydrogens is 352 g/mol. The lowest BCUT2D eigenvalue weighted by molar-refractivity contribution is -0.126. The molecule has 5 heteroatoms. The van der Waals surface area contributed by atoms with Crippen LogP contribution in [0.2, 0.25) is 0 Å². The number of carbonyl (C=O) groups excluding carboxylic acids is 3. The summed E-state index contributed by atoms with van der Waals surface area (Å²) in [5.74, 6) is -0.859. The number of nitrogens with one attached hydrogen (secondary N) is 1. The average Bonchev–Trinajstić information content (AvgIpc) is 3.20. The second-order valence-corrected chi connectivity index (χ2v) is 7.97. The van der Waals surface area contributed by atoms with E-state index in [1.54, 1.807) is 24.3 Å². The van der Waals surface area contributed by atoms with Crippen LogP contribution in [-0.4, -0.2) is 28.7 Å². The van der Waals surface area contributed by atoms with Crippen molar-refractivity contribution in [2.45, 2.75) is 45.2 Å². The number of carbonyl (C=O) groups is 3. The summed E-state index contributed by atoms with van der Waals surface area (Å²) in [4.78, 5) is 40.2. The Kier molecular flexibility index (Phi) is 4.75. The summed E-state index contributed by atoms with van der Waals surface area (Å²) < 4.78 is 0. The van der Waals surface area contributed by atoms with Gasteiger partial charge in [0, 0.05) is 0 Å². The average molecular weight is 376 g/mol. The van der Waals surface area contributed by atoms with E-state index >= 15 is 0 Å². The van der Waals surface area contributed by atoms with Gasteiger partial charge in [0.25, 0.3) is 11.8 Å². The van der Waals surface area contributed by atoms with Crippen LogP contribution in [-0.2, 0) is 11.2 Å². The summed E-state index contributed by atoms with van der Waals surface area (Å²) in [6.07, 6.45) is 2.19. The zero-order valence-corrected chi connectivity index (χ0v) is 16.1. The molecule has 28 heavy (non-hydrogen) atoms. The van der Waals surface area contributed by atoms with E-state index in [4.69, 9.17) is 0 Å². The number of benzene rings is 2. The lowest BCUT2D eigenvalue weighted by Gasteiger charge is -2.28.